The van der Waals surface area contributed by atoms with Crippen molar-refractivity contribution in [2.45, 2.75) is 25.4 Å². The summed E-state index contributed by atoms with van der Waals surface area (Å²) in [6, 6.07) is 12.4. The molecule has 2 aliphatic heterocycles. The molecule has 2 heterocycles. The summed E-state index contributed by atoms with van der Waals surface area (Å²) in [5.74, 6) is 1.26. The van der Waals surface area contributed by atoms with Crippen LogP contribution in [0.25, 0.3) is 0 Å². The van der Waals surface area contributed by atoms with E-state index in [1.54, 1.807) is 29.5 Å². The van der Waals surface area contributed by atoms with Gasteiger partial charge in [-0.3, -0.25) is 14.6 Å². The van der Waals surface area contributed by atoms with Crippen molar-refractivity contribution in [3.63, 3.8) is 0 Å². The van der Waals surface area contributed by atoms with Gasteiger partial charge in [-0.25, -0.2) is 10.4 Å². The lowest BCUT2D eigenvalue weighted by Gasteiger charge is -2.29. The van der Waals surface area contributed by atoms with E-state index in [4.69, 9.17) is 14.2 Å². The second-order valence-corrected chi connectivity index (χ2v) is 7.59. The van der Waals surface area contributed by atoms with Gasteiger partial charge in [0.25, 0.3) is 5.91 Å². The molecule has 0 saturated carbocycles. The predicted molar refractivity (Wildman–Crippen MR) is 122 cm³/mol. The number of hydrazone groups is 1. The Kier molecular flexibility index (Phi) is 6.64. The van der Waals surface area contributed by atoms with Gasteiger partial charge in [0.15, 0.2) is 11.5 Å². The molecular weight excluding hydrogens is 426 g/mol. The molecule has 2 N–H and O–H groups in total. The zero-order valence-electron chi connectivity index (χ0n) is 18.8. The lowest BCUT2D eigenvalue weighted by molar-refractivity contribution is -0.139. The first-order valence-electron chi connectivity index (χ1n) is 10.7. The van der Waals surface area contributed by atoms with Crippen molar-refractivity contribution < 1.29 is 23.8 Å². The average Bonchev–Trinajstić information content (AvgIpc) is 3.27. The summed E-state index contributed by atoms with van der Waals surface area (Å²) < 4.78 is 15.9. The van der Waals surface area contributed by atoms with E-state index in [1.165, 1.54) is 19.2 Å². The molecule has 2 aromatic carbocycles. The van der Waals surface area contributed by atoms with Crippen molar-refractivity contribution in [3.8, 4) is 17.2 Å². The number of fused-ring (bicyclic) bond motifs is 1. The first-order chi connectivity index (χ1) is 16.0. The number of benzene rings is 2. The van der Waals surface area contributed by atoms with Crippen LogP contribution in [0.1, 0.15) is 24.9 Å². The Morgan fingerprint density at radius 3 is 2.61 bits per heavy atom. The molecule has 33 heavy (non-hydrogen) atoms. The lowest BCUT2D eigenvalue weighted by atomic mass is 10.0. The third-order valence-electron chi connectivity index (χ3n) is 5.51. The highest BCUT2D eigenvalue weighted by Gasteiger charge is 2.41. The molecule has 2 aromatic rings. The van der Waals surface area contributed by atoms with Gasteiger partial charge in [-0.05, 0) is 43.2 Å². The number of ether oxygens (including phenoxy) is 3. The molecular formula is C23H27N5O5. The maximum atomic E-state index is 13.0. The van der Waals surface area contributed by atoms with E-state index >= 15 is 0 Å². The highest BCUT2D eigenvalue weighted by molar-refractivity contribution is 5.96. The van der Waals surface area contributed by atoms with Gasteiger partial charge < -0.3 is 19.5 Å². The fourth-order valence-corrected chi connectivity index (χ4v) is 3.88. The van der Waals surface area contributed by atoms with E-state index in [1.807, 2.05) is 31.2 Å². The molecule has 0 bridgehead atoms. The molecule has 2 amide bonds. The molecule has 10 heteroatoms. The number of methoxy groups -OCH3 is 2. The number of hydrazine groups is 1. The smallest absolute Gasteiger partial charge is 0.267 e. The highest BCUT2D eigenvalue weighted by atomic mass is 16.5. The van der Waals surface area contributed by atoms with Gasteiger partial charge in [0.1, 0.15) is 24.7 Å². The molecule has 2 unspecified atom stereocenters. The maximum Gasteiger partial charge on any atom is 0.267 e. The van der Waals surface area contributed by atoms with Gasteiger partial charge in [-0.1, -0.05) is 12.1 Å². The number of hydrogen-bond acceptors (Lipinski definition) is 8. The van der Waals surface area contributed by atoms with Crippen LogP contribution in [0, 0.1) is 0 Å². The summed E-state index contributed by atoms with van der Waals surface area (Å²) in [5.41, 5.74) is 4.88. The number of nitrogens with one attached hydrogen (secondary N) is 2. The summed E-state index contributed by atoms with van der Waals surface area (Å²) in [6.07, 6.45) is 2.11. The minimum Gasteiger partial charge on any atom is -0.494 e. The van der Waals surface area contributed by atoms with E-state index in [9.17, 15) is 9.59 Å². The maximum absolute atomic E-state index is 13.0. The molecule has 0 radical (unpaired) electrons. The number of rotatable bonds is 8. The van der Waals surface area contributed by atoms with Gasteiger partial charge in [0.2, 0.25) is 5.91 Å². The Morgan fingerprint density at radius 2 is 1.91 bits per heavy atom. The Morgan fingerprint density at radius 1 is 1.15 bits per heavy atom. The second-order valence-electron chi connectivity index (χ2n) is 7.59. The van der Waals surface area contributed by atoms with E-state index in [-0.39, 0.29) is 24.4 Å². The van der Waals surface area contributed by atoms with Crippen molar-refractivity contribution in [2.75, 3.05) is 32.7 Å². The molecule has 0 aliphatic carbocycles. The molecule has 0 aromatic heterocycles. The molecule has 2 aliphatic rings. The minimum atomic E-state index is -0.437. The molecule has 1 saturated heterocycles. The van der Waals surface area contributed by atoms with Crippen LogP contribution in [0.3, 0.4) is 0 Å². The van der Waals surface area contributed by atoms with Gasteiger partial charge in [0, 0.05) is 11.8 Å². The Balaban J connectivity index is 1.36. The number of carbonyl (C=O) groups is 2. The molecule has 0 spiro atoms. The molecule has 10 nitrogen and oxygen atoms in total. The van der Waals surface area contributed by atoms with Crippen LogP contribution in [0.2, 0.25) is 0 Å². The van der Waals surface area contributed by atoms with Crippen molar-refractivity contribution in [3.05, 3.63) is 48.0 Å². The van der Waals surface area contributed by atoms with Crippen molar-refractivity contribution in [1.82, 2.24) is 15.4 Å². The fraction of sp³-hybridized carbons (Fsp3) is 0.348. The van der Waals surface area contributed by atoms with E-state index in [0.29, 0.717) is 30.2 Å². The summed E-state index contributed by atoms with van der Waals surface area (Å²) >= 11 is 0. The fourth-order valence-electron chi connectivity index (χ4n) is 3.88. The van der Waals surface area contributed by atoms with Crippen molar-refractivity contribution in [2.24, 2.45) is 5.10 Å². The van der Waals surface area contributed by atoms with Crippen LogP contribution in [0.4, 0.5) is 5.69 Å². The van der Waals surface area contributed by atoms with Crippen LogP contribution < -0.4 is 25.0 Å². The Bertz CT molecular complexity index is 1040. The Labute approximate surface area is 192 Å². The molecule has 1 fully saturated rings. The van der Waals surface area contributed by atoms with Crippen LogP contribution in [-0.2, 0) is 9.59 Å². The van der Waals surface area contributed by atoms with Gasteiger partial charge in [-0.2, -0.15) is 5.10 Å². The predicted octanol–water partition coefficient (Wildman–Crippen LogP) is 2.15. The molecule has 174 valence electrons. The largest absolute Gasteiger partial charge is 0.494 e. The zero-order chi connectivity index (χ0) is 23.4. The number of nitrogens with zero attached hydrogens (tertiary/aromatic N) is 3. The highest BCUT2D eigenvalue weighted by Crippen LogP contribution is 2.31. The monoisotopic (exact) mass is 453 g/mol. The first kappa shape index (κ1) is 22.4. The van der Waals surface area contributed by atoms with Crippen LogP contribution >= 0.6 is 0 Å². The lowest BCUT2D eigenvalue weighted by Crippen LogP contribution is -2.52. The van der Waals surface area contributed by atoms with E-state index in [0.717, 1.165) is 11.3 Å². The topological polar surface area (TPSA) is 105 Å². The van der Waals surface area contributed by atoms with Gasteiger partial charge in [0.05, 0.1) is 26.9 Å². The van der Waals surface area contributed by atoms with Crippen LogP contribution in [-0.4, -0.2) is 61.6 Å². The summed E-state index contributed by atoms with van der Waals surface area (Å²) in [4.78, 5) is 25.5. The number of amides is 2. The Hall–Kier alpha value is -3.79. The van der Waals surface area contributed by atoms with Crippen LogP contribution in [0.15, 0.2) is 47.6 Å². The van der Waals surface area contributed by atoms with Gasteiger partial charge >= 0.3 is 0 Å². The number of carbonyl (C=O) groups excluding carboxylic acids is 2. The summed E-state index contributed by atoms with van der Waals surface area (Å²) in [6.45, 7) is 2.36. The summed E-state index contributed by atoms with van der Waals surface area (Å²) in [7, 11) is 3.06. The number of hydrogen-bond donors (Lipinski definition) is 2. The third-order valence-corrected chi connectivity index (χ3v) is 5.51. The van der Waals surface area contributed by atoms with E-state index in [2.05, 4.69) is 15.8 Å². The average molecular weight is 453 g/mol. The normalized spacial score (nSPS) is 19.3. The van der Waals surface area contributed by atoms with Gasteiger partial charge in [-0.15, -0.1) is 0 Å². The van der Waals surface area contributed by atoms with Crippen molar-refractivity contribution >= 4 is 23.8 Å². The first-order valence-corrected chi connectivity index (χ1v) is 10.7. The minimum absolute atomic E-state index is 0.0402. The third kappa shape index (κ3) is 4.85. The van der Waals surface area contributed by atoms with Crippen LogP contribution in [0.5, 0.6) is 17.2 Å². The number of anilines is 1. The summed E-state index contributed by atoms with van der Waals surface area (Å²) in [5, 5.41) is 9.82. The SMILES string of the molecule is CCOc1ccc(C2CC3C(=O)N(CC(=O)Nc4ccc(OC)c(OC)c4)N=CN3N2)cc1. The zero-order valence-corrected chi connectivity index (χ0v) is 18.8. The standard InChI is InChI=1S/C23H27N5O5/c1-4-33-17-8-5-15(6-9-17)18-12-19-23(30)27(24-14-28(19)26-18)13-22(29)25-16-7-10-20(31-2)21(11-16)32-3/h5-11,14,18-19,26H,4,12-13H2,1-3H3,(H,25,29). The second kappa shape index (κ2) is 9.78. The molecule has 2 atom stereocenters. The quantitative estimate of drug-likeness (QED) is 0.631. The van der Waals surface area contributed by atoms with E-state index < -0.39 is 6.04 Å². The van der Waals surface area contributed by atoms with Crippen molar-refractivity contribution in [1.29, 1.82) is 0 Å². The molecule has 4 rings (SSSR count).